The van der Waals surface area contributed by atoms with Crippen molar-refractivity contribution < 1.29 is 8.42 Å². The van der Waals surface area contributed by atoms with Gasteiger partial charge in [0.1, 0.15) is 0 Å². The van der Waals surface area contributed by atoms with Gasteiger partial charge in [0.15, 0.2) is 0 Å². The topological polar surface area (TPSA) is 37.4 Å². The molecule has 0 spiro atoms. The van der Waals surface area contributed by atoms with Crippen LogP contribution in [0.25, 0.3) is 5.57 Å². The zero-order valence-corrected chi connectivity index (χ0v) is 18.5. The highest BCUT2D eigenvalue weighted by Gasteiger charge is 2.30. The number of aryl methyl sites for hydroxylation is 1. The third kappa shape index (κ3) is 5.58. The maximum absolute atomic E-state index is 13.2. The van der Waals surface area contributed by atoms with E-state index < -0.39 is 10.0 Å². The Hall–Kier alpha value is -1.91. The van der Waals surface area contributed by atoms with E-state index in [1.54, 1.807) is 16.4 Å². The summed E-state index contributed by atoms with van der Waals surface area (Å²) in [7, 11) is -3.51. The van der Waals surface area contributed by atoms with Gasteiger partial charge in [0.25, 0.3) is 0 Å². The van der Waals surface area contributed by atoms with E-state index in [1.807, 2.05) is 37.3 Å². The first kappa shape index (κ1) is 21.8. The summed E-state index contributed by atoms with van der Waals surface area (Å²) < 4.78 is 28.1. The third-order valence-electron chi connectivity index (χ3n) is 5.66. The van der Waals surface area contributed by atoms with Crippen molar-refractivity contribution >= 4 is 15.6 Å². The van der Waals surface area contributed by atoms with Crippen LogP contribution in [-0.4, -0.2) is 19.3 Å². The van der Waals surface area contributed by atoms with Crippen molar-refractivity contribution in [2.24, 2.45) is 0 Å². The molecule has 0 N–H and O–H groups in total. The van der Waals surface area contributed by atoms with Gasteiger partial charge in [0.05, 0.1) is 4.90 Å². The van der Waals surface area contributed by atoms with Crippen molar-refractivity contribution in [1.82, 2.24) is 4.31 Å². The number of hydrogen-bond donors (Lipinski definition) is 0. The number of hydrogen-bond acceptors (Lipinski definition) is 2. The largest absolute Gasteiger partial charge is 0.243 e. The molecule has 3 nitrogen and oxygen atoms in total. The molecule has 2 aromatic rings. The van der Waals surface area contributed by atoms with Crippen molar-refractivity contribution in [1.29, 1.82) is 0 Å². The Bertz CT molecular complexity index is 930. The Labute approximate surface area is 176 Å². The quantitative estimate of drug-likeness (QED) is 0.452. The van der Waals surface area contributed by atoms with E-state index >= 15 is 0 Å². The Morgan fingerprint density at radius 2 is 1.59 bits per heavy atom. The fraction of sp³-hybridized carbons (Fsp3) is 0.440. The summed E-state index contributed by atoms with van der Waals surface area (Å²) in [5.74, 6) is 0. The number of sulfonamides is 1. The Morgan fingerprint density at radius 3 is 2.34 bits per heavy atom. The summed E-state index contributed by atoms with van der Waals surface area (Å²) in [5.41, 5.74) is 4.49. The van der Waals surface area contributed by atoms with Crippen LogP contribution in [0.3, 0.4) is 0 Å². The van der Waals surface area contributed by atoms with Gasteiger partial charge in [-0.2, -0.15) is 4.31 Å². The van der Waals surface area contributed by atoms with E-state index in [9.17, 15) is 8.42 Å². The summed E-state index contributed by atoms with van der Waals surface area (Å²) in [4.78, 5) is 0.373. The maximum atomic E-state index is 13.2. The van der Waals surface area contributed by atoms with Gasteiger partial charge in [-0.15, -0.1) is 0 Å². The van der Waals surface area contributed by atoms with Crippen LogP contribution >= 0.6 is 0 Å². The van der Waals surface area contributed by atoms with Gasteiger partial charge >= 0.3 is 0 Å². The Morgan fingerprint density at radius 1 is 0.897 bits per heavy atom. The van der Waals surface area contributed by atoms with Crippen LogP contribution in [0.2, 0.25) is 0 Å². The molecule has 0 saturated carbocycles. The highest BCUT2D eigenvalue weighted by atomic mass is 32.2. The van der Waals surface area contributed by atoms with Gasteiger partial charge in [-0.25, -0.2) is 8.42 Å². The Kier molecular flexibility index (Phi) is 7.68. The van der Waals surface area contributed by atoms with Crippen LogP contribution in [0.1, 0.15) is 68.6 Å². The zero-order chi connectivity index (χ0) is 20.7. The molecule has 29 heavy (non-hydrogen) atoms. The summed E-state index contributed by atoms with van der Waals surface area (Å²) in [6.07, 6.45) is 10.9. The van der Waals surface area contributed by atoms with E-state index in [2.05, 4.69) is 19.1 Å². The van der Waals surface area contributed by atoms with Crippen LogP contribution in [0.5, 0.6) is 0 Å². The third-order valence-corrected chi connectivity index (χ3v) is 7.47. The molecule has 1 aliphatic rings. The van der Waals surface area contributed by atoms with E-state index in [1.165, 1.54) is 44.1 Å². The molecular weight excluding hydrogens is 378 g/mol. The molecule has 0 bridgehead atoms. The normalized spacial score (nSPS) is 16.1. The van der Waals surface area contributed by atoms with E-state index in [0.717, 1.165) is 23.1 Å². The minimum Gasteiger partial charge on any atom is -0.207 e. The van der Waals surface area contributed by atoms with Gasteiger partial charge in [-0.3, -0.25) is 0 Å². The number of fused-ring (bicyclic) bond motifs is 1. The van der Waals surface area contributed by atoms with Crippen LogP contribution in [0, 0.1) is 6.92 Å². The monoisotopic (exact) mass is 411 g/mol. The van der Waals surface area contributed by atoms with Gasteiger partial charge < -0.3 is 0 Å². The SMILES string of the molecule is CCCCCCCC/C=C1/CN(S(=O)(=O)c2ccc(C)cc2)Cc2ccccc21. The highest BCUT2D eigenvalue weighted by molar-refractivity contribution is 7.89. The molecular formula is C25H33NO2S. The second-order valence-corrected chi connectivity index (χ2v) is 9.97. The lowest BCUT2D eigenvalue weighted by atomic mass is 9.95. The number of unbranched alkanes of at least 4 members (excludes halogenated alkanes) is 6. The molecule has 0 fully saturated rings. The zero-order valence-electron chi connectivity index (χ0n) is 17.7. The van der Waals surface area contributed by atoms with Gasteiger partial charge in [-0.1, -0.05) is 87.1 Å². The minimum absolute atomic E-state index is 0.373. The number of allylic oxidation sites excluding steroid dienone is 1. The molecule has 2 aromatic carbocycles. The fourth-order valence-corrected chi connectivity index (χ4v) is 5.29. The maximum Gasteiger partial charge on any atom is 0.243 e. The summed E-state index contributed by atoms with van der Waals surface area (Å²) >= 11 is 0. The molecule has 4 heteroatoms. The summed E-state index contributed by atoms with van der Waals surface area (Å²) in [5, 5.41) is 0. The van der Waals surface area contributed by atoms with Gasteiger partial charge in [-0.05, 0) is 48.6 Å². The molecule has 1 heterocycles. The molecule has 0 saturated heterocycles. The fourth-order valence-electron chi connectivity index (χ4n) is 3.90. The average Bonchev–Trinajstić information content (AvgIpc) is 2.73. The molecule has 0 aromatic heterocycles. The molecule has 156 valence electrons. The average molecular weight is 412 g/mol. The number of rotatable bonds is 9. The van der Waals surface area contributed by atoms with Gasteiger partial charge in [0.2, 0.25) is 10.0 Å². The molecule has 3 rings (SSSR count). The standard InChI is InChI=1S/C25H33NO2S/c1-3-4-5-6-7-8-9-12-22-19-26(20-23-13-10-11-14-25(22)23)29(27,28)24-17-15-21(2)16-18-24/h10-18H,3-9,19-20H2,1-2H3/b22-12-. The minimum atomic E-state index is -3.51. The van der Waals surface area contributed by atoms with Crippen LogP contribution in [0.15, 0.2) is 59.5 Å². The lowest BCUT2D eigenvalue weighted by molar-refractivity contribution is 0.433. The van der Waals surface area contributed by atoms with Crippen molar-refractivity contribution in [3.63, 3.8) is 0 Å². The molecule has 1 aliphatic heterocycles. The Balaban J connectivity index is 1.75. The first-order chi connectivity index (χ1) is 14.0. The summed E-state index contributed by atoms with van der Waals surface area (Å²) in [6, 6.07) is 15.4. The van der Waals surface area contributed by atoms with Crippen LogP contribution in [-0.2, 0) is 16.6 Å². The van der Waals surface area contributed by atoms with Crippen molar-refractivity contribution in [3.8, 4) is 0 Å². The predicted octanol–water partition coefficient (Wildman–Crippen LogP) is 6.33. The van der Waals surface area contributed by atoms with Crippen molar-refractivity contribution in [2.75, 3.05) is 6.54 Å². The molecule has 0 radical (unpaired) electrons. The van der Waals surface area contributed by atoms with Crippen LogP contribution in [0.4, 0.5) is 0 Å². The lowest BCUT2D eigenvalue weighted by Gasteiger charge is -2.30. The highest BCUT2D eigenvalue weighted by Crippen LogP contribution is 2.31. The predicted molar refractivity (Wildman–Crippen MR) is 121 cm³/mol. The molecule has 0 amide bonds. The molecule has 0 aliphatic carbocycles. The second-order valence-electron chi connectivity index (χ2n) is 8.03. The first-order valence-corrected chi connectivity index (χ1v) is 12.3. The van der Waals surface area contributed by atoms with Gasteiger partial charge in [0, 0.05) is 13.1 Å². The van der Waals surface area contributed by atoms with E-state index in [4.69, 9.17) is 0 Å². The van der Waals surface area contributed by atoms with Crippen LogP contribution < -0.4 is 0 Å². The summed E-state index contributed by atoms with van der Waals surface area (Å²) in [6.45, 7) is 5.09. The lowest BCUT2D eigenvalue weighted by Crippen LogP contribution is -2.35. The smallest absolute Gasteiger partial charge is 0.207 e. The molecule has 0 atom stereocenters. The first-order valence-electron chi connectivity index (χ1n) is 10.9. The van der Waals surface area contributed by atoms with Crippen molar-refractivity contribution in [3.05, 3.63) is 71.3 Å². The second kappa shape index (κ2) is 10.2. The number of nitrogens with zero attached hydrogens (tertiary/aromatic N) is 1. The number of benzene rings is 2. The molecule has 0 unspecified atom stereocenters. The van der Waals surface area contributed by atoms with Crippen molar-refractivity contribution in [2.45, 2.75) is 70.2 Å². The van der Waals surface area contributed by atoms with E-state index in [-0.39, 0.29) is 0 Å². The van der Waals surface area contributed by atoms with E-state index in [0.29, 0.717) is 18.0 Å².